The molecule has 0 radical (unpaired) electrons. The van der Waals surface area contributed by atoms with Gasteiger partial charge in [0.2, 0.25) is 0 Å². The van der Waals surface area contributed by atoms with Gasteiger partial charge in [-0.05, 0) is 30.3 Å². The van der Waals surface area contributed by atoms with Crippen molar-refractivity contribution in [1.29, 1.82) is 0 Å². The molecule has 2 aromatic rings. The summed E-state index contributed by atoms with van der Waals surface area (Å²) in [4.78, 5) is 2.09. The monoisotopic (exact) mass is 301 g/mol. The number of methoxy groups -OCH3 is 2. The largest absolute Gasteiger partial charge is 0.493 e. The van der Waals surface area contributed by atoms with Crippen LogP contribution >= 0.6 is 0 Å². The van der Waals surface area contributed by atoms with Crippen LogP contribution in [0, 0.1) is 0 Å². The minimum absolute atomic E-state index is 0.546. The second-order valence-corrected chi connectivity index (χ2v) is 5.31. The Labute approximate surface area is 131 Å². The highest BCUT2D eigenvalue weighted by Gasteiger charge is 2.14. The van der Waals surface area contributed by atoms with Gasteiger partial charge in [-0.1, -0.05) is 36.4 Å². The van der Waals surface area contributed by atoms with E-state index in [0.29, 0.717) is 18.0 Å². The van der Waals surface area contributed by atoms with Gasteiger partial charge in [0.1, 0.15) is 0 Å². The number of nitrogens with zero attached hydrogens (tertiary/aromatic N) is 1. The highest BCUT2D eigenvalue weighted by molar-refractivity contribution is 5.43. The lowest BCUT2D eigenvalue weighted by atomic mass is 10.1. The summed E-state index contributed by atoms with van der Waals surface area (Å²) in [5.41, 5.74) is 2.04. The maximum Gasteiger partial charge on any atom is 0.161 e. The standard InChI is InChI=1S/C18H23NO3/c1-19(12-14-7-5-4-6-8-14)13-16(20)15-9-10-17(21-2)18(11-15)22-3/h4-11,16,20H,12-13H2,1-3H3/t16-/m0/s1. The lowest BCUT2D eigenvalue weighted by molar-refractivity contribution is 0.123. The summed E-state index contributed by atoms with van der Waals surface area (Å²) in [7, 11) is 5.19. The molecule has 0 saturated carbocycles. The van der Waals surface area contributed by atoms with Crippen molar-refractivity contribution in [3.8, 4) is 11.5 Å². The molecule has 0 aliphatic carbocycles. The smallest absolute Gasteiger partial charge is 0.161 e. The fourth-order valence-electron chi connectivity index (χ4n) is 2.42. The van der Waals surface area contributed by atoms with E-state index in [-0.39, 0.29) is 0 Å². The van der Waals surface area contributed by atoms with E-state index in [1.54, 1.807) is 14.2 Å². The molecule has 0 unspecified atom stereocenters. The van der Waals surface area contributed by atoms with E-state index in [4.69, 9.17) is 9.47 Å². The molecule has 0 spiro atoms. The van der Waals surface area contributed by atoms with Crippen LogP contribution in [0.15, 0.2) is 48.5 Å². The Hall–Kier alpha value is -2.04. The molecule has 0 aliphatic heterocycles. The van der Waals surface area contributed by atoms with Gasteiger partial charge in [0.05, 0.1) is 20.3 Å². The first-order chi connectivity index (χ1) is 10.6. The van der Waals surface area contributed by atoms with Crippen LogP contribution < -0.4 is 9.47 Å². The van der Waals surface area contributed by atoms with Crippen molar-refractivity contribution in [2.24, 2.45) is 0 Å². The second-order valence-electron chi connectivity index (χ2n) is 5.31. The Morgan fingerprint density at radius 1 is 1.00 bits per heavy atom. The van der Waals surface area contributed by atoms with E-state index in [0.717, 1.165) is 12.1 Å². The van der Waals surface area contributed by atoms with Crippen molar-refractivity contribution in [3.05, 3.63) is 59.7 Å². The van der Waals surface area contributed by atoms with Crippen LogP contribution in [0.1, 0.15) is 17.2 Å². The fourth-order valence-corrected chi connectivity index (χ4v) is 2.42. The number of benzene rings is 2. The molecule has 2 rings (SSSR count). The summed E-state index contributed by atoms with van der Waals surface area (Å²) < 4.78 is 10.5. The van der Waals surface area contributed by atoms with E-state index < -0.39 is 6.10 Å². The number of ether oxygens (including phenoxy) is 2. The maximum absolute atomic E-state index is 10.4. The highest BCUT2D eigenvalue weighted by atomic mass is 16.5. The summed E-state index contributed by atoms with van der Waals surface area (Å²) in [6.45, 7) is 1.34. The van der Waals surface area contributed by atoms with Gasteiger partial charge in [0, 0.05) is 13.1 Å². The SMILES string of the molecule is COc1ccc([C@@H](O)CN(C)Cc2ccccc2)cc1OC. The Morgan fingerprint density at radius 2 is 1.68 bits per heavy atom. The number of aliphatic hydroxyl groups excluding tert-OH is 1. The molecular weight excluding hydrogens is 278 g/mol. The molecule has 0 aromatic heterocycles. The topological polar surface area (TPSA) is 41.9 Å². The fraction of sp³-hybridized carbons (Fsp3) is 0.333. The molecule has 1 N–H and O–H groups in total. The van der Waals surface area contributed by atoms with Crippen LogP contribution in [0.2, 0.25) is 0 Å². The third-order valence-electron chi connectivity index (χ3n) is 3.57. The minimum Gasteiger partial charge on any atom is -0.493 e. The highest BCUT2D eigenvalue weighted by Crippen LogP contribution is 2.30. The third-order valence-corrected chi connectivity index (χ3v) is 3.57. The average molecular weight is 301 g/mol. The van der Waals surface area contributed by atoms with Crippen LogP contribution in [0.5, 0.6) is 11.5 Å². The zero-order valence-corrected chi connectivity index (χ0v) is 13.3. The van der Waals surface area contributed by atoms with E-state index in [1.165, 1.54) is 5.56 Å². The Bertz CT molecular complexity index is 586. The number of hydrogen-bond donors (Lipinski definition) is 1. The number of rotatable bonds is 7. The summed E-state index contributed by atoms with van der Waals surface area (Å²) in [5, 5.41) is 10.4. The summed E-state index contributed by atoms with van der Waals surface area (Å²) in [5.74, 6) is 1.29. The van der Waals surface area contributed by atoms with Crippen molar-refractivity contribution in [1.82, 2.24) is 4.90 Å². The molecule has 0 fully saturated rings. The zero-order valence-electron chi connectivity index (χ0n) is 13.3. The summed E-state index contributed by atoms with van der Waals surface area (Å²) in [6, 6.07) is 15.7. The predicted octanol–water partition coefficient (Wildman–Crippen LogP) is 2.87. The molecule has 0 bridgehead atoms. The Balaban J connectivity index is 2.00. The molecule has 118 valence electrons. The van der Waals surface area contributed by atoms with Crippen molar-refractivity contribution in [3.63, 3.8) is 0 Å². The molecular formula is C18H23NO3. The predicted molar refractivity (Wildman–Crippen MR) is 87.3 cm³/mol. The van der Waals surface area contributed by atoms with Crippen LogP contribution in [-0.4, -0.2) is 37.8 Å². The van der Waals surface area contributed by atoms with Crippen LogP contribution in [-0.2, 0) is 6.54 Å². The minimum atomic E-state index is -0.575. The molecule has 0 saturated heterocycles. The van der Waals surface area contributed by atoms with Gasteiger partial charge in [-0.3, -0.25) is 4.90 Å². The third kappa shape index (κ3) is 4.23. The van der Waals surface area contributed by atoms with Gasteiger partial charge in [0.15, 0.2) is 11.5 Å². The molecule has 4 nitrogen and oxygen atoms in total. The average Bonchev–Trinajstić information content (AvgIpc) is 2.54. The second kappa shape index (κ2) is 7.82. The summed E-state index contributed by atoms with van der Waals surface area (Å²) >= 11 is 0. The van der Waals surface area contributed by atoms with Crippen LogP contribution in [0.4, 0.5) is 0 Å². The van der Waals surface area contributed by atoms with Gasteiger partial charge in [-0.15, -0.1) is 0 Å². The van der Waals surface area contributed by atoms with Crippen molar-refractivity contribution >= 4 is 0 Å². The first-order valence-electron chi connectivity index (χ1n) is 7.26. The summed E-state index contributed by atoms with van der Waals surface area (Å²) in [6.07, 6.45) is -0.575. The van der Waals surface area contributed by atoms with E-state index in [9.17, 15) is 5.11 Å². The molecule has 4 heteroatoms. The molecule has 1 atom stereocenters. The normalized spacial score (nSPS) is 12.2. The first kappa shape index (κ1) is 16.3. The van der Waals surface area contributed by atoms with Gasteiger partial charge in [-0.2, -0.15) is 0 Å². The molecule has 0 heterocycles. The lowest BCUT2D eigenvalue weighted by Gasteiger charge is -2.21. The number of aliphatic hydroxyl groups is 1. The van der Waals surface area contributed by atoms with Gasteiger partial charge >= 0.3 is 0 Å². The van der Waals surface area contributed by atoms with Gasteiger partial charge in [-0.25, -0.2) is 0 Å². The van der Waals surface area contributed by atoms with Gasteiger partial charge in [0.25, 0.3) is 0 Å². The van der Waals surface area contributed by atoms with E-state index in [2.05, 4.69) is 17.0 Å². The van der Waals surface area contributed by atoms with Crippen LogP contribution in [0.3, 0.4) is 0 Å². The zero-order chi connectivity index (χ0) is 15.9. The van der Waals surface area contributed by atoms with Crippen molar-refractivity contribution < 1.29 is 14.6 Å². The van der Waals surface area contributed by atoms with Crippen molar-refractivity contribution in [2.45, 2.75) is 12.6 Å². The first-order valence-corrected chi connectivity index (χ1v) is 7.26. The Kier molecular flexibility index (Phi) is 5.81. The van der Waals surface area contributed by atoms with E-state index >= 15 is 0 Å². The van der Waals surface area contributed by atoms with E-state index in [1.807, 2.05) is 43.4 Å². The van der Waals surface area contributed by atoms with Crippen molar-refractivity contribution in [2.75, 3.05) is 27.8 Å². The number of hydrogen-bond acceptors (Lipinski definition) is 4. The molecule has 22 heavy (non-hydrogen) atoms. The Morgan fingerprint density at radius 3 is 2.32 bits per heavy atom. The maximum atomic E-state index is 10.4. The molecule has 0 aliphatic rings. The van der Waals surface area contributed by atoms with Gasteiger partial charge < -0.3 is 14.6 Å². The quantitative estimate of drug-likeness (QED) is 0.854. The van der Waals surface area contributed by atoms with Crippen LogP contribution in [0.25, 0.3) is 0 Å². The molecule has 2 aromatic carbocycles. The molecule has 0 amide bonds. The lowest BCUT2D eigenvalue weighted by Crippen LogP contribution is -2.24. The number of likely N-dealkylation sites (N-methyl/N-ethyl adjacent to an activating group) is 1.